The Balaban J connectivity index is 2.96. The highest BCUT2D eigenvalue weighted by Crippen LogP contribution is 2.47. The zero-order valence-electron chi connectivity index (χ0n) is 10.3. The van der Waals surface area contributed by atoms with Crippen molar-refractivity contribution in [2.24, 2.45) is 0 Å². The second-order valence-electron chi connectivity index (χ2n) is 3.92. The molecular formula is C16H6N4. The topological polar surface area (TPSA) is 56.3 Å². The normalized spacial score (nSPS) is 17.1. The first kappa shape index (κ1) is 12.8. The molecule has 4 heteroatoms. The van der Waals surface area contributed by atoms with E-state index in [0.29, 0.717) is 27.8 Å². The van der Waals surface area contributed by atoms with E-state index in [1.54, 1.807) is 24.3 Å². The van der Waals surface area contributed by atoms with Crippen molar-refractivity contribution in [3.8, 4) is 12.1 Å². The quantitative estimate of drug-likeness (QED) is 0.525. The van der Waals surface area contributed by atoms with Crippen LogP contribution in [0.5, 0.6) is 0 Å². The van der Waals surface area contributed by atoms with Gasteiger partial charge < -0.3 is 0 Å². The average Bonchev–Trinajstić information content (AvgIpc) is 2.76. The van der Waals surface area contributed by atoms with Crippen LogP contribution in [0.4, 0.5) is 0 Å². The van der Waals surface area contributed by atoms with Crippen molar-refractivity contribution in [2.45, 2.75) is 0 Å². The number of nitrogens with zero attached hydrogens (tertiary/aromatic N) is 4. The molecule has 0 fully saturated rings. The van der Waals surface area contributed by atoms with Crippen LogP contribution in [0.25, 0.3) is 20.8 Å². The summed E-state index contributed by atoms with van der Waals surface area (Å²) in [5.74, 6) is 0. The minimum absolute atomic E-state index is 0.0836. The maximum absolute atomic E-state index is 9.06. The molecule has 0 amide bonds. The molecule has 0 saturated carbocycles. The molecule has 2 rings (SSSR count). The van der Waals surface area contributed by atoms with Crippen LogP contribution in [-0.2, 0) is 0 Å². The van der Waals surface area contributed by atoms with Crippen LogP contribution in [0, 0.1) is 35.8 Å². The maximum Gasteiger partial charge on any atom is 0.270 e. The first-order chi connectivity index (χ1) is 9.69. The summed E-state index contributed by atoms with van der Waals surface area (Å²) in [4.78, 5) is 6.42. The van der Waals surface area contributed by atoms with Crippen LogP contribution in [0.1, 0.15) is 11.1 Å². The van der Waals surface area contributed by atoms with Gasteiger partial charge in [0.15, 0.2) is 0 Å². The lowest BCUT2D eigenvalue weighted by atomic mass is 10.0. The van der Waals surface area contributed by atoms with Crippen LogP contribution in [0.15, 0.2) is 47.8 Å². The Labute approximate surface area is 116 Å². The van der Waals surface area contributed by atoms with Crippen molar-refractivity contribution in [3.05, 3.63) is 81.8 Å². The third kappa shape index (κ3) is 1.67. The Morgan fingerprint density at radius 1 is 0.950 bits per heavy atom. The Morgan fingerprint density at radius 3 is 1.65 bits per heavy atom. The molecule has 0 saturated heterocycles. The summed E-state index contributed by atoms with van der Waals surface area (Å²) in [7, 11) is 0. The summed E-state index contributed by atoms with van der Waals surface area (Å²) in [5.41, 5.74) is 2.35. The van der Waals surface area contributed by atoms with Crippen LogP contribution in [0.2, 0.25) is 0 Å². The molecule has 0 atom stereocenters. The van der Waals surface area contributed by atoms with Gasteiger partial charge in [0.1, 0.15) is 0 Å². The third-order valence-electron chi connectivity index (χ3n) is 2.98. The molecule has 1 aliphatic carbocycles. The Morgan fingerprint density at radius 2 is 1.35 bits per heavy atom. The summed E-state index contributed by atoms with van der Waals surface area (Å²) in [6, 6.07) is 10.7. The van der Waals surface area contributed by atoms with Gasteiger partial charge in [-0.15, -0.1) is 0 Å². The molecule has 1 aliphatic rings. The summed E-state index contributed by atoms with van der Waals surface area (Å²) in [5, 5.41) is 18.1. The lowest BCUT2D eigenvalue weighted by Crippen LogP contribution is -1.85. The van der Waals surface area contributed by atoms with Crippen molar-refractivity contribution in [1.29, 1.82) is 10.5 Å². The molecule has 0 bridgehead atoms. The highest BCUT2D eigenvalue weighted by Gasteiger charge is 2.29. The fourth-order valence-corrected chi connectivity index (χ4v) is 2.18. The lowest BCUT2D eigenvalue weighted by Gasteiger charge is -2.01. The standard InChI is InChI=1S/C16H6N4/c1-10-15(13(8-17)19-2)11-6-4-5-7-12(11)16(10)14(9-18)20-3/h4-7H,1H2/b15-13-,16-14-. The van der Waals surface area contributed by atoms with Crippen LogP contribution >= 0.6 is 0 Å². The van der Waals surface area contributed by atoms with Crippen LogP contribution < -0.4 is 0 Å². The molecule has 0 heterocycles. The third-order valence-corrected chi connectivity index (χ3v) is 2.98. The van der Waals surface area contributed by atoms with Gasteiger partial charge in [0.05, 0.1) is 25.3 Å². The number of rotatable bonds is 0. The van der Waals surface area contributed by atoms with E-state index in [4.69, 9.17) is 23.7 Å². The number of nitriles is 2. The van der Waals surface area contributed by atoms with Gasteiger partial charge in [0, 0.05) is 11.1 Å². The molecule has 0 radical (unpaired) electrons. The first-order valence-electron chi connectivity index (χ1n) is 5.52. The van der Waals surface area contributed by atoms with Gasteiger partial charge in [0.2, 0.25) is 0 Å². The molecule has 0 N–H and O–H groups in total. The number of hydrogen-bond donors (Lipinski definition) is 0. The summed E-state index contributed by atoms with van der Waals surface area (Å²) >= 11 is 0. The summed E-state index contributed by atoms with van der Waals surface area (Å²) < 4.78 is 0. The largest absolute Gasteiger partial charge is 0.270 e. The predicted octanol–water partition coefficient (Wildman–Crippen LogP) is 3.56. The van der Waals surface area contributed by atoms with E-state index in [2.05, 4.69) is 16.3 Å². The molecule has 0 unspecified atom stereocenters. The Bertz CT molecular complexity index is 752. The highest BCUT2D eigenvalue weighted by atomic mass is 14.7. The highest BCUT2D eigenvalue weighted by molar-refractivity contribution is 6.11. The van der Waals surface area contributed by atoms with Crippen molar-refractivity contribution < 1.29 is 0 Å². The van der Waals surface area contributed by atoms with E-state index in [9.17, 15) is 0 Å². The molecule has 0 aliphatic heterocycles. The van der Waals surface area contributed by atoms with Crippen LogP contribution in [0.3, 0.4) is 0 Å². The molecule has 4 nitrogen and oxygen atoms in total. The van der Waals surface area contributed by atoms with Gasteiger partial charge >= 0.3 is 0 Å². The first-order valence-corrected chi connectivity index (χ1v) is 5.52. The van der Waals surface area contributed by atoms with Gasteiger partial charge in [-0.1, -0.05) is 30.8 Å². The zero-order valence-corrected chi connectivity index (χ0v) is 10.3. The second-order valence-corrected chi connectivity index (χ2v) is 3.92. The smallest absolute Gasteiger partial charge is 0.226 e. The van der Waals surface area contributed by atoms with Gasteiger partial charge in [0.25, 0.3) is 11.4 Å². The molecular weight excluding hydrogens is 248 g/mol. The Kier molecular flexibility index (Phi) is 3.18. The van der Waals surface area contributed by atoms with E-state index in [1.807, 2.05) is 12.1 Å². The number of benzene rings is 1. The van der Waals surface area contributed by atoms with Gasteiger partial charge in [-0.3, -0.25) is 0 Å². The van der Waals surface area contributed by atoms with Gasteiger partial charge in [-0.25, -0.2) is 20.2 Å². The van der Waals surface area contributed by atoms with Gasteiger partial charge in [-0.2, -0.15) is 0 Å². The lowest BCUT2D eigenvalue weighted by molar-refractivity contribution is 1.49. The summed E-state index contributed by atoms with van der Waals surface area (Å²) in [6.45, 7) is 18.0. The van der Waals surface area contributed by atoms with Crippen molar-refractivity contribution in [3.63, 3.8) is 0 Å². The van der Waals surface area contributed by atoms with Crippen molar-refractivity contribution in [2.75, 3.05) is 0 Å². The summed E-state index contributed by atoms with van der Waals surface area (Å²) in [6.07, 6.45) is 0. The molecule has 1 aromatic rings. The number of allylic oxidation sites excluding steroid dienone is 5. The molecule has 0 aromatic heterocycles. The van der Waals surface area contributed by atoms with E-state index in [1.165, 1.54) is 0 Å². The average molecular weight is 254 g/mol. The zero-order chi connectivity index (χ0) is 14.7. The monoisotopic (exact) mass is 254 g/mol. The molecule has 20 heavy (non-hydrogen) atoms. The fourth-order valence-electron chi connectivity index (χ4n) is 2.18. The maximum atomic E-state index is 9.06. The van der Waals surface area contributed by atoms with E-state index in [-0.39, 0.29) is 11.4 Å². The minimum Gasteiger partial charge on any atom is -0.226 e. The van der Waals surface area contributed by atoms with E-state index >= 15 is 0 Å². The fraction of sp³-hybridized carbons (Fsp3) is 0. The van der Waals surface area contributed by atoms with Crippen molar-refractivity contribution in [1.82, 2.24) is 0 Å². The van der Waals surface area contributed by atoms with Gasteiger partial charge in [-0.05, 0) is 16.7 Å². The minimum atomic E-state index is -0.0836. The molecule has 0 spiro atoms. The molecule has 90 valence electrons. The van der Waals surface area contributed by atoms with Crippen LogP contribution in [-0.4, -0.2) is 0 Å². The van der Waals surface area contributed by atoms with E-state index < -0.39 is 0 Å². The second kappa shape index (κ2) is 4.95. The Hall–Kier alpha value is -3.60. The van der Waals surface area contributed by atoms with Crippen molar-refractivity contribution >= 4 is 11.1 Å². The SMILES string of the molecule is [C-]#[N+]/C(C#N)=C1/C(=C)/C(=C(\C#N)[N+]#[C-])c2ccccc21. The predicted molar refractivity (Wildman–Crippen MR) is 73.9 cm³/mol. The number of hydrogen-bond acceptors (Lipinski definition) is 2. The molecule has 1 aromatic carbocycles. The number of fused-ring (bicyclic) bond motifs is 1. The van der Waals surface area contributed by atoms with E-state index in [0.717, 1.165) is 0 Å².